The number of carbonyl (C=O) groups is 1. The summed E-state index contributed by atoms with van der Waals surface area (Å²) in [5.41, 5.74) is 6.79. The van der Waals surface area contributed by atoms with Gasteiger partial charge in [-0.15, -0.1) is 0 Å². The Kier molecular flexibility index (Phi) is 3.13. The molecule has 2 N–H and O–H groups in total. The molecule has 0 aromatic heterocycles. The highest BCUT2D eigenvalue weighted by atomic mass is 16.5. The predicted molar refractivity (Wildman–Crippen MR) is 69.8 cm³/mol. The monoisotopic (exact) mass is 251 g/mol. The normalized spacial score (nSPS) is 46.6. The Morgan fingerprint density at radius 2 is 2.22 bits per heavy atom. The fourth-order valence-corrected chi connectivity index (χ4v) is 5.08. The Hall–Kier alpha value is -0.570. The lowest BCUT2D eigenvalue weighted by molar-refractivity contribution is -0.151. The number of nitrogens with two attached hydrogens (primary N) is 1. The van der Waals surface area contributed by atoms with E-state index < -0.39 is 0 Å². The number of fused-ring (bicyclic) bond motifs is 3. The number of esters is 1. The molecule has 0 radical (unpaired) electrons. The third-order valence-corrected chi connectivity index (χ3v) is 5.90. The summed E-state index contributed by atoms with van der Waals surface area (Å²) in [6.45, 7) is 2.39. The van der Waals surface area contributed by atoms with Crippen LogP contribution in [0.15, 0.2) is 0 Å². The van der Waals surface area contributed by atoms with Crippen molar-refractivity contribution >= 4 is 5.97 Å². The van der Waals surface area contributed by atoms with E-state index in [4.69, 9.17) is 10.5 Å². The van der Waals surface area contributed by atoms with Crippen molar-refractivity contribution < 1.29 is 9.53 Å². The van der Waals surface area contributed by atoms with Gasteiger partial charge in [0, 0.05) is 6.04 Å². The number of hydrogen-bond acceptors (Lipinski definition) is 3. The second-order valence-corrected chi connectivity index (χ2v) is 6.57. The smallest absolute Gasteiger partial charge is 0.308 e. The maximum absolute atomic E-state index is 12.0. The molecule has 0 unspecified atom stereocenters. The largest absolute Gasteiger partial charge is 0.466 e. The first-order chi connectivity index (χ1) is 8.67. The van der Waals surface area contributed by atoms with Crippen LogP contribution in [0.5, 0.6) is 0 Å². The molecule has 1 spiro atoms. The van der Waals surface area contributed by atoms with E-state index in [0.29, 0.717) is 12.6 Å². The summed E-state index contributed by atoms with van der Waals surface area (Å²) in [4.78, 5) is 12.0. The van der Waals surface area contributed by atoms with Gasteiger partial charge >= 0.3 is 5.97 Å². The Labute approximate surface area is 109 Å². The molecule has 0 saturated heterocycles. The zero-order valence-electron chi connectivity index (χ0n) is 11.4. The van der Waals surface area contributed by atoms with E-state index >= 15 is 0 Å². The molecule has 0 aromatic rings. The first-order valence-corrected chi connectivity index (χ1v) is 7.59. The lowest BCUT2D eigenvalue weighted by Crippen LogP contribution is -2.49. The van der Waals surface area contributed by atoms with Crippen LogP contribution in [0.25, 0.3) is 0 Å². The Morgan fingerprint density at radius 3 is 2.89 bits per heavy atom. The third-order valence-electron chi connectivity index (χ3n) is 5.90. The summed E-state index contributed by atoms with van der Waals surface area (Å²) >= 11 is 0. The van der Waals surface area contributed by atoms with Gasteiger partial charge in [-0.05, 0) is 62.7 Å². The average molecular weight is 251 g/mol. The molecule has 2 bridgehead atoms. The van der Waals surface area contributed by atoms with Gasteiger partial charge in [-0.3, -0.25) is 4.79 Å². The van der Waals surface area contributed by atoms with Crippen LogP contribution in [0.1, 0.15) is 51.9 Å². The van der Waals surface area contributed by atoms with Gasteiger partial charge in [-0.1, -0.05) is 6.42 Å². The average Bonchev–Trinajstić information content (AvgIpc) is 2.94. The first-order valence-electron chi connectivity index (χ1n) is 7.59. The van der Waals surface area contributed by atoms with Gasteiger partial charge in [0.25, 0.3) is 0 Å². The molecule has 3 fully saturated rings. The second-order valence-electron chi connectivity index (χ2n) is 6.57. The van der Waals surface area contributed by atoms with Crippen LogP contribution in [0, 0.1) is 23.2 Å². The Bertz CT molecular complexity index is 339. The fraction of sp³-hybridized carbons (Fsp3) is 0.933. The highest BCUT2D eigenvalue weighted by molar-refractivity contribution is 5.72. The third kappa shape index (κ3) is 1.70. The van der Waals surface area contributed by atoms with Crippen molar-refractivity contribution in [3.05, 3.63) is 0 Å². The van der Waals surface area contributed by atoms with Gasteiger partial charge in [0.15, 0.2) is 0 Å². The standard InChI is InChI=1S/C15H25NO2/c1-2-18-14(17)11-4-3-7-15(9-11)12-6-5-10(8-12)13(15)16/h10-13H,2-9,16H2,1H3/t10-,11+,12+,13-,15+/m0/s1. The van der Waals surface area contributed by atoms with Crippen molar-refractivity contribution in [2.75, 3.05) is 6.61 Å². The van der Waals surface area contributed by atoms with Crippen molar-refractivity contribution in [2.45, 2.75) is 57.9 Å². The molecule has 0 amide bonds. The molecule has 0 heterocycles. The van der Waals surface area contributed by atoms with Gasteiger partial charge in [0.1, 0.15) is 0 Å². The van der Waals surface area contributed by atoms with E-state index in [1.807, 2.05) is 6.92 Å². The van der Waals surface area contributed by atoms with Gasteiger partial charge in [-0.2, -0.15) is 0 Å². The topological polar surface area (TPSA) is 52.3 Å². The van der Waals surface area contributed by atoms with Crippen LogP contribution in [0.2, 0.25) is 0 Å². The molecular weight excluding hydrogens is 226 g/mol. The summed E-state index contributed by atoms with van der Waals surface area (Å²) in [7, 11) is 0. The molecule has 102 valence electrons. The first kappa shape index (κ1) is 12.5. The highest BCUT2D eigenvalue weighted by Gasteiger charge is 2.58. The lowest BCUT2D eigenvalue weighted by Gasteiger charge is -2.47. The van der Waals surface area contributed by atoms with Crippen molar-refractivity contribution in [1.29, 1.82) is 0 Å². The quantitative estimate of drug-likeness (QED) is 0.767. The molecule has 3 saturated carbocycles. The minimum atomic E-state index is 0.0200. The van der Waals surface area contributed by atoms with E-state index in [1.54, 1.807) is 0 Å². The summed E-state index contributed by atoms with van der Waals surface area (Å²) < 4.78 is 5.22. The van der Waals surface area contributed by atoms with Crippen molar-refractivity contribution in [3.8, 4) is 0 Å². The molecule has 5 atom stereocenters. The number of ether oxygens (including phenoxy) is 1. The summed E-state index contributed by atoms with van der Waals surface area (Å²) in [6, 6.07) is 0.341. The van der Waals surface area contributed by atoms with E-state index in [9.17, 15) is 4.79 Å². The molecule has 3 aliphatic rings. The van der Waals surface area contributed by atoms with E-state index in [2.05, 4.69) is 0 Å². The molecule has 3 nitrogen and oxygen atoms in total. The van der Waals surface area contributed by atoms with Crippen LogP contribution in [-0.2, 0) is 9.53 Å². The van der Waals surface area contributed by atoms with Crippen LogP contribution >= 0.6 is 0 Å². The molecule has 3 heteroatoms. The minimum Gasteiger partial charge on any atom is -0.466 e. The molecule has 0 aliphatic heterocycles. The van der Waals surface area contributed by atoms with E-state index in [1.165, 1.54) is 25.7 Å². The van der Waals surface area contributed by atoms with Crippen LogP contribution in [-0.4, -0.2) is 18.6 Å². The maximum Gasteiger partial charge on any atom is 0.308 e. The summed E-state index contributed by atoms with van der Waals surface area (Å²) in [5.74, 6) is 1.65. The van der Waals surface area contributed by atoms with Gasteiger partial charge in [0.05, 0.1) is 12.5 Å². The van der Waals surface area contributed by atoms with Crippen LogP contribution in [0.4, 0.5) is 0 Å². The van der Waals surface area contributed by atoms with Crippen molar-refractivity contribution in [3.63, 3.8) is 0 Å². The zero-order valence-corrected chi connectivity index (χ0v) is 11.4. The van der Waals surface area contributed by atoms with Gasteiger partial charge in [-0.25, -0.2) is 0 Å². The number of carbonyl (C=O) groups excluding carboxylic acids is 1. The van der Waals surface area contributed by atoms with Gasteiger partial charge < -0.3 is 10.5 Å². The predicted octanol–water partition coefficient (Wildman–Crippen LogP) is 2.48. The minimum absolute atomic E-state index is 0.0200. The van der Waals surface area contributed by atoms with Crippen LogP contribution < -0.4 is 5.73 Å². The highest BCUT2D eigenvalue weighted by Crippen LogP contribution is 2.61. The fourth-order valence-electron chi connectivity index (χ4n) is 5.08. The number of hydrogen-bond donors (Lipinski definition) is 1. The molecule has 18 heavy (non-hydrogen) atoms. The second kappa shape index (κ2) is 4.52. The van der Waals surface area contributed by atoms with Crippen molar-refractivity contribution in [1.82, 2.24) is 0 Å². The molecule has 0 aromatic carbocycles. The molecule has 3 rings (SSSR count). The van der Waals surface area contributed by atoms with Crippen molar-refractivity contribution in [2.24, 2.45) is 28.9 Å². The maximum atomic E-state index is 12.0. The Balaban J connectivity index is 1.75. The SMILES string of the molecule is CCOC(=O)[C@@H]1CCC[C@@]2(C1)[C@@H]1CC[C@@H](C1)[C@@H]2N. The zero-order chi connectivity index (χ0) is 12.8. The van der Waals surface area contributed by atoms with E-state index in [-0.39, 0.29) is 17.3 Å². The molecule has 3 aliphatic carbocycles. The lowest BCUT2D eigenvalue weighted by atomic mass is 9.59. The molecular formula is C15H25NO2. The summed E-state index contributed by atoms with van der Waals surface area (Å²) in [6.07, 6.45) is 8.37. The van der Waals surface area contributed by atoms with E-state index in [0.717, 1.165) is 31.1 Å². The van der Waals surface area contributed by atoms with Crippen LogP contribution in [0.3, 0.4) is 0 Å². The Morgan fingerprint density at radius 1 is 1.39 bits per heavy atom. The number of rotatable bonds is 2. The summed E-state index contributed by atoms with van der Waals surface area (Å²) in [5, 5.41) is 0. The van der Waals surface area contributed by atoms with Gasteiger partial charge in [0.2, 0.25) is 0 Å².